The number of hydrogen-bond acceptors (Lipinski definition) is 5. The van der Waals surface area contributed by atoms with Crippen LogP contribution in [0.25, 0.3) is 0 Å². The monoisotopic (exact) mass is 255 g/mol. The first-order valence-electron chi connectivity index (χ1n) is 5.78. The molecule has 96 valence electrons. The molecular formula is C13H13N5O. The number of aromatic nitrogens is 2. The fourth-order valence-corrected chi connectivity index (χ4v) is 1.63. The third-order valence-electron chi connectivity index (χ3n) is 2.67. The van der Waals surface area contributed by atoms with E-state index >= 15 is 0 Å². The molecule has 6 heteroatoms. The molecule has 0 aliphatic rings. The van der Waals surface area contributed by atoms with Gasteiger partial charge in [0.25, 0.3) is 0 Å². The summed E-state index contributed by atoms with van der Waals surface area (Å²) in [5, 5.41) is 12.0. The topological polar surface area (TPSA) is 96.7 Å². The van der Waals surface area contributed by atoms with Crippen molar-refractivity contribution in [2.24, 2.45) is 0 Å². The maximum Gasteiger partial charge on any atom is 0.349 e. The van der Waals surface area contributed by atoms with Gasteiger partial charge in [-0.2, -0.15) is 10.2 Å². The number of aryl methyl sites for hydroxylation is 1. The van der Waals surface area contributed by atoms with E-state index < -0.39 is 5.69 Å². The summed E-state index contributed by atoms with van der Waals surface area (Å²) in [6.07, 6.45) is 1.48. The second-order valence-electron chi connectivity index (χ2n) is 3.90. The highest BCUT2D eigenvalue weighted by Gasteiger charge is 2.09. The van der Waals surface area contributed by atoms with Crippen LogP contribution < -0.4 is 16.7 Å². The van der Waals surface area contributed by atoms with E-state index in [9.17, 15) is 4.79 Å². The van der Waals surface area contributed by atoms with Crippen LogP contribution in [0.3, 0.4) is 0 Å². The molecule has 0 aliphatic carbocycles. The molecule has 2 rings (SSSR count). The van der Waals surface area contributed by atoms with Crippen LogP contribution in [0.5, 0.6) is 0 Å². The molecule has 2 aromatic rings. The van der Waals surface area contributed by atoms with Crippen molar-refractivity contribution < 1.29 is 0 Å². The Morgan fingerprint density at radius 2 is 2.21 bits per heavy atom. The van der Waals surface area contributed by atoms with Crippen molar-refractivity contribution in [2.75, 3.05) is 11.1 Å². The van der Waals surface area contributed by atoms with E-state index in [0.29, 0.717) is 23.5 Å². The molecule has 1 aromatic carbocycles. The van der Waals surface area contributed by atoms with Gasteiger partial charge in [-0.15, -0.1) is 0 Å². The van der Waals surface area contributed by atoms with E-state index in [1.807, 2.05) is 13.0 Å². The van der Waals surface area contributed by atoms with Crippen LogP contribution in [-0.2, 0) is 6.54 Å². The second-order valence-corrected chi connectivity index (χ2v) is 3.90. The van der Waals surface area contributed by atoms with E-state index in [2.05, 4.69) is 10.3 Å². The summed E-state index contributed by atoms with van der Waals surface area (Å²) in [6, 6.07) is 9.09. The van der Waals surface area contributed by atoms with Crippen LogP contribution in [0.1, 0.15) is 12.5 Å². The van der Waals surface area contributed by atoms with Crippen LogP contribution >= 0.6 is 0 Å². The van der Waals surface area contributed by atoms with Crippen molar-refractivity contribution >= 4 is 17.2 Å². The van der Waals surface area contributed by atoms with Crippen molar-refractivity contribution in [2.45, 2.75) is 13.5 Å². The van der Waals surface area contributed by atoms with Gasteiger partial charge in [-0.3, -0.25) is 4.57 Å². The summed E-state index contributed by atoms with van der Waals surface area (Å²) >= 11 is 0. The number of rotatable bonds is 3. The second kappa shape index (κ2) is 5.23. The first-order chi connectivity index (χ1) is 9.15. The first-order valence-corrected chi connectivity index (χ1v) is 5.78. The Kier molecular flexibility index (Phi) is 3.48. The van der Waals surface area contributed by atoms with E-state index in [1.165, 1.54) is 10.8 Å². The number of para-hydroxylation sites is 2. The molecule has 19 heavy (non-hydrogen) atoms. The van der Waals surface area contributed by atoms with E-state index in [-0.39, 0.29) is 5.82 Å². The van der Waals surface area contributed by atoms with Gasteiger partial charge in [-0.25, -0.2) is 4.79 Å². The molecule has 0 unspecified atom stereocenters. The Bertz CT molecular complexity index is 699. The first kappa shape index (κ1) is 12.6. The molecule has 0 bridgehead atoms. The zero-order valence-corrected chi connectivity index (χ0v) is 10.4. The average molecular weight is 255 g/mol. The minimum absolute atomic E-state index is 0.218. The van der Waals surface area contributed by atoms with Gasteiger partial charge in [0.1, 0.15) is 11.6 Å². The molecule has 0 radical (unpaired) electrons. The Labute approximate surface area is 110 Å². The summed E-state index contributed by atoms with van der Waals surface area (Å²) < 4.78 is 1.37. The summed E-state index contributed by atoms with van der Waals surface area (Å²) in [5.41, 5.74) is 6.82. The van der Waals surface area contributed by atoms with Crippen molar-refractivity contribution in [3.63, 3.8) is 0 Å². The van der Waals surface area contributed by atoms with Crippen molar-refractivity contribution in [3.05, 3.63) is 46.5 Å². The van der Waals surface area contributed by atoms with Gasteiger partial charge in [-0.05, 0) is 19.1 Å². The molecule has 1 aromatic heterocycles. The van der Waals surface area contributed by atoms with Gasteiger partial charge in [-0.1, -0.05) is 12.1 Å². The van der Waals surface area contributed by atoms with Crippen molar-refractivity contribution in [1.29, 1.82) is 5.26 Å². The molecule has 0 saturated carbocycles. The van der Waals surface area contributed by atoms with Gasteiger partial charge in [0.05, 0.1) is 11.4 Å². The van der Waals surface area contributed by atoms with Crippen LogP contribution in [-0.4, -0.2) is 9.55 Å². The lowest BCUT2D eigenvalue weighted by Gasteiger charge is -2.10. The van der Waals surface area contributed by atoms with Gasteiger partial charge < -0.3 is 11.1 Å². The minimum Gasteiger partial charge on any atom is -0.397 e. The normalized spacial score (nSPS) is 9.89. The van der Waals surface area contributed by atoms with Crippen LogP contribution in [0.2, 0.25) is 0 Å². The number of anilines is 3. The Hall–Kier alpha value is -2.81. The van der Waals surface area contributed by atoms with Gasteiger partial charge >= 0.3 is 5.69 Å². The maximum atomic E-state index is 11.7. The zero-order valence-electron chi connectivity index (χ0n) is 10.4. The molecule has 3 N–H and O–H groups in total. The fraction of sp³-hybridized carbons (Fsp3) is 0.154. The lowest BCUT2D eigenvalue weighted by Crippen LogP contribution is -2.23. The van der Waals surface area contributed by atoms with Crippen molar-refractivity contribution in [1.82, 2.24) is 9.55 Å². The highest BCUT2D eigenvalue weighted by atomic mass is 16.1. The maximum absolute atomic E-state index is 11.7. The molecule has 0 atom stereocenters. The molecule has 0 spiro atoms. The molecule has 0 saturated heterocycles. The number of nitrogens with zero attached hydrogens (tertiary/aromatic N) is 3. The van der Waals surface area contributed by atoms with E-state index in [1.54, 1.807) is 24.3 Å². The van der Waals surface area contributed by atoms with Crippen molar-refractivity contribution in [3.8, 4) is 6.07 Å². The van der Waals surface area contributed by atoms with Gasteiger partial charge in [0.15, 0.2) is 5.82 Å². The summed E-state index contributed by atoms with van der Waals surface area (Å²) in [7, 11) is 0. The van der Waals surface area contributed by atoms with Crippen LogP contribution in [0.4, 0.5) is 17.2 Å². The molecule has 6 nitrogen and oxygen atoms in total. The molecule has 0 fully saturated rings. The summed E-state index contributed by atoms with van der Waals surface area (Å²) in [6.45, 7) is 2.28. The van der Waals surface area contributed by atoms with Gasteiger partial charge in [0.2, 0.25) is 0 Å². The lowest BCUT2D eigenvalue weighted by molar-refractivity contribution is 0.698. The molecular weight excluding hydrogens is 242 g/mol. The number of nitrogens with two attached hydrogens (primary N) is 1. The van der Waals surface area contributed by atoms with Crippen LogP contribution in [0, 0.1) is 11.3 Å². The summed E-state index contributed by atoms with van der Waals surface area (Å²) in [5.74, 6) is 0.218. The smallest absolute Gasteiger partial charge is 0.349 e. The molecule has 1 heterocycles. The number of nitrogen functional groups attached to an aromatic ring is 1. The van der Waals surface area contributed by atoms with Crippen LogP contribution in [0.15, 0.2) is 35.3 Å². The highest BCUT2D eigenvalue weighted by molar-refractivity contribution is 5.72. The standard InChI is InChI=1S/C13H13N5O/c1-2-18-8-9(7-14)12(17-13(18)19)16-11-6-4-3-5-10(11)15/h3-6,8H,2,15H2,1H3,(H,16,17,19). The lowest BCUT2D eigenvalue weighted by atomic mass is 10.2. The number of hydrogen-bond donors (Lipinski definition) is 2. The fourth-order valence-electron chi connectivity index (χ4n) is 1.63. The summed E-state index contributed by atoms with van der Waals surface area (Å²) in [4.78, 5) is 15.6. The third kappa shape index (κ3) is 2.55. The number of benzene rings is 1. The average Bonchev–Trinajstić information content (AvgIpc) is 2.42. The molecule has 0 amide bonds. The van der Waals surface area contributed by atoms with Gasteiger partial charge in [0, 0.05) is 12.7 Å². The SMILES string of the molecule is CCn1cc(C#N)c(Nc2ccccc2N)nc1=O. The quantitative estimate of drug-likeness (QED) is 0.809. The number of nitriles is 1. The van der Waals surface area contributed by atoms with E-state index in [0.717, 1.165) is 0 Å². The highest BCUT2D eigenvalue weighted by Crippen LogP contribution is 2.22. The number of nitrogens with one attached hydrogen (secondary N) is 1. The predicted octanol–water partition coefficient (Wildman–Crippen LogP) is 1.46. The largest absolute Gasteiger partial charge is 0.397 e. The zero-order chi connectivity index (χ0) is 13.8. The molecule has 0 aliphatic heterocycles. The third-order valence-corrected chi connectivity index (χ3v) is 2.67. The Morgan fingerprint density at radius 3 is 2.84 bits per heavy atom. The Morgan fingerprint density at radius 1 is 1.47 bits per heavy atom. The predicted molar refractivity (Wildman–Crippen MR) is 73.0 cm³/mol. The minimum atomic E-state index is -0.404. The Balaban J connectivity index is 2.47. The van der Waals surface area contributed by atoms with E-state index in [4.69, 9.17) is 11.0 Å².